The number of hydrogen-bond acceptors (Lipinski definition) is 4. The van der Waals surface area contributed by atoms with Crippen molar-refractivity contribution in [1.29, 1.82) is 0 Å². The van der Waals surface area contributed by atoms with Crippen molar-refractivity contribution in [3.05, 3.63) is 102 Å². The quantitative estimate of drug-likeness (QED) is 0.334. The minimum absolute atomic E-state index is 0.264. The maximum atomic E-state index is 12.5. The third-order valence-corrected chi connectivity index (χ3v) is 5.79. The van der Waals surface area contributed by atoms with E-state index in [1.54, 1.807) is 36.4 Å². The predicted molar refractivity (Wildman–Crippen MR) is 109 cm³/mol. The molecule has 3 nitrogen and oxygen atoms in total. The second-order valence-corrected chi connectivity index (χ2v) is 8.29. The zero-order chi connectivity index (χ0) is 18.2. The van der Waals surface area contributed by atoms with Crippen molar-refractivity contribution < 1.29 is 8.42 Å². The average molecular weight is 380 g/mol. The van der Waals surface area contributed by atoms with Gasteiger partial charge in [0.05, 0.1) is 10.6 Å². The predicted octanol–water partition coefficient (Wildman–Crippen LogP) is 5.50. The van der Waals surface area contributed by atoms with Gasteiger partial charge in [0.1, 0.15) is 5.04 Å². The first-order valence-corrected chi connectivity index (χ1v) is 10.3. The van der Waals surface area contributed by atoms with Gasteiger partial charge in [-0.2, -0.15) is 0 Å². The van der Waals surface area contributed by atoms with Crippen LogP contribution in [0, 0.1) is 0 Å². The van der Waals surface area contributed by atoms with Crippen molar-refractivity contribution in [3.63, 3.8) is 0 Å². The van der Waals surface area contributed by atoms with Crippen LogP contribution in [0.4, 0.5) is 5.69 Å². The third-order valence-electron chi connectivity index (χ3n) is 3.42. The van der Waals surface area contributed by atoms with Crippen molar-refractivity contribution in [2.24, 2.45) is 4.99 Å². The highest BCUT2D eigenvalue weighted by molar-refractivity contribution is 8.14. The van der Waals surface area contributed by atoms with Gasteiger partial charge in [-0.05, 0) is 42.5 Å². The SMILES string of the molecule is O=S(=O)(C=CC(=Nc1ccccc1)Sc1ccccc1)c1ccccc1. The highest BCUT2D eigenvalue weighted by Crippen LogP contribution is 2.24. The van der Waals surface area contributed by atoms with Gasteiger partial charge >= 0.3 is 0 Å². The largest absolute Gasteiger partial charge is 0.242 e. The molecule has 0 fully saturated rings. The molecule has 0 amide bonds. The van der Waals surface area contributed by atoms with Crippen LogP contribution in [0.3, 0.4) is 0 Å². The van der Waals surface area contributed by atoms with Gasteiger partial charge < -0.3 is 0 Å². The molecule has 0 unspecified atom stereocenters. The highest BCUT2D eigenvalue weighted by atomic mass is 32.2. The Morgan fingerprint density at radius 2 is 1.31 bits per heavy atom. The summed E-state index contributed by atoms with van der Waals surface area (Å²) in [5.41, 5.74) is 0.771. The molecule has 3 rings (SSSR count). The van der Waals surface area contributed by atoms with Crippen molar-refractivity contribution >= 4 is 32.3 Å². The molecule has 0 aliphatic rings. The molecule has 0 radical (unpaired) electrons. The van der Waals surface area contributed by atoms with E-state index in [0.29, 0.717) is 5.04 Å². The minimum atomic E-state index is -3.51. The maximum absolute atomic E-state index is 12.5. The summed E-state index contributed by atoms with van der Waals surface area (Å²) in [6, 6.07) is 27.6. The van der Waals surface area contributed by atoms with E-state index in [4.69, 9.17) is 0 Å². The van der Waals surface area contributed by atoms with Crippen LogP contribution >= 0.6 is 11.8 Å². The lowest BCUT2D eigenvalue weighted by Gasteiger charge is -2.03. The molecule has 0 aliphatic heterocycles. The molecule has 3 aromatic rings. The molecule has 0 bridgehead atoms. The van der Waals surface area contributed by atoms with Crippen molar-refractivity contribution in [3.8, 4) is 0 Å². The lowest BCUT2D eigenvalue weighted by atomic mass is 10.3. The Kier molecular flexibility index (Phi) is 6.04. The van der Waals surface area contributed by atoms with Crippen LogP contribution in [-0.2, 0) is 9.84 Å². The summed E-state index contributed by atoms with van der Waals surface area (Å²) in [7, 11) is -3.51. The second kappa shape index (κ2) is 8.65. The highest BCUT2D eigenvalue weighted by Gasteiger charge is 2.10. The van der Waals surface area contributed by atoms with E-state index in [-0.39, 0.29) is 4.90 Å². The number of nitrogens with zero attached hydrogens (tertiary/aromatic N) is 1. The van der Waals surface area contributed by atoms with E-state index in [9.17, 15) is 8.42 Å². The third kappa shape index (κ3) is 5.18. The standard InChI is InChI=1S/C21H17NO2S2/c23-26(24,20-14-8-3-9-15-20)17-16-21(22-18-10-4-1-5-11-18)25-19-12-6-2-7-13-19/h1-17H. The molecule has 5 heteroatoms. The Morgan fingerprint density at radius 3 is 1.92 bits per heavy atom. The second-order valence-electron chi connectivity index (χ2n) is 5.36. The molecule has 0 aromatic heterocycles. The summed E-state index contributed by atoms with van der Waals surface area (Å²) in [4.78, 5) is 5.83. The molecule has 0 saturated heterocycles. The number of hydrogen-bond donors (Lipinski definition) is 0. The summed E-state index contributed by atoms with van der Waals surface area (Å²) in [5, 5.41) is 1.81. The summed E-state index contributed by atoms with van der Waals surface area (Å²) < 4.78 is 25.0. The fourth-order valence-electron chi connectivity index (χ4n) is 2.17. The van der Waals surface area contributed by atoms with Crippen LogP contribution in [-0.4, -0.2) is 13.5 Å². The summed E-state index contributed by atoms with van der Waals surface area (Å²) in [6.07, 6.45) is 1.55. The Balaban J connectivity index is 1.92. The Morgan fingerprint density at radius 1 is 0.769 bits per heavy atom. The van der Waals surface area contributed by atoms with Gasteiger partial charge in [0, 0.05) is 10.3 Å². The summed E-state index contributed by atoms with van der Waals surface area (Å²) in [6.45, 7) is 0. The average Bonchev–Trinajstić information content (AvgIpc) is 2.68. The molecule has 0 saturated carbocycles. The molecule has 130 valence electrons. The number of rotatable bonds is 5. The topological polar surface area (TPSA) is 46.5 Å². The minimum Gasteiger partial charge on any atom is -0.242 e. The maximum Gasteiger partial charge on any atom is 0.199 e. The number of sulfone groups is 1. The number of thioether (sulfide) groups is 1. The van der Waals surface area contributed by atoms with Crippen LogP contribution in [0.2, 0.25) is 0 Å². The van der Waals surface area contributed by atoms with Gasteiger partial charge in [0.25, 0.3) is 0 Å². The molecule has 0 atom stereocenters. The number of para-hydroxylation sites is 1. The van der Waals surface area contributed by atoms with Crippen LogP contribution in [0.1, 0.15) is 0 Å². The zero-order valence-electron chi connectivity index (χ0n) is 13.9. The smallest absolute Gasteiger partial charge is 0.199 e. The van der Waals surface area contributed by atoms with Crippen LogP contribution < -0.4 is 0 Å². The Labute approximate surface area is 158 Å². The summed E-state index contributed by atoms with van der Waals surface area (Å²) >= 11 is 1.42. The number of benzene rings is 3. The first-order valence-electron chi connectivity index (χ1n) is 7.98. The molecular formula is C21H17NO2S2. The fourth-order valence-corrected chi connectivity index (χ4v) is 4.08. The summed E-state index contributed by atoms with van der Waals surface area (Å²) in [5.74, 6) is 0. The van der Waals surface area contributed by atoms with E-state index < -0.39 is 9.84 Å². The van der Waals surface area contributed by atoms with Crippen LogP contribution in [0.25, 0.3) is 0 Å². The lowest BCUT2D eigenvalue weighted by Crippen LogP contribution is -1.97. The van der Waals surface area contributed by atoms with E-state index in [1.165, 1.54) is 17.2 Å². The van der Waals surface area contributed by atoms with Crippen molar-refractivity contribution in [2.45, 2.75) is 9.79 Å². The van der Waals surface area contributed by atoms with Gasteiger partial charge in [0.15, 0.2) is 9.84 Å². The van der Waals surface area contributed by atoms with Gasteiger partial charge in [-0.25, -0.2) is 13.4 Å². The molecule has 0 heterocycles. The molecule has 26 heavy (non-hydrogen) atoms. The van der Waals surface area contributed by atoms with Gasteiger partial charge in [-0.3, -0.25) is 0 Å². The Hall–Kier alpha value is -2.63. The van der Waals surface area contributed by atoms with Crippen molar-refractivity contribution in [2.75, 3.05) is 0 Å². The first kappa shape index (κ1) is 18.2. The van der Waals surface area contributed by atoms with E-state index >= 15 is 0 Å². The monoisotopic (exact) mass is 379 g/mol. The molecule has 0 spiro atoms. The zero-order valence-corrected chi connectivity index (χ0v) is 15.5. The molecular weight excluding hydrogens is 362 g/mol. The lowest BCUT2D eigenvalue weighted by molar-refractivity contribution is 0.604. The van der Waals surface area contributed by atoms with E-state index in [0.717, 1.165) is 10.6 Å². The van der Waals surface area contributed by atoms with E-state index in [1.807, 2.05) is 60.7 Å². The van der Waals surface area contributed by atoms with Gasteiger partial charge in [0.2, 0.25) is 0 Å². The molecule has 0 aliphatic carbocycles. The van der Waals surface area contributed by atoms with Crippen LogP contribution in [0.5, 0.6) is 0 Å². The molecule has 0 N–H and O–H groups in total. The first-order chi connectivity index (χ1) is 12.6. The van der Waals surface area contributed by atoms with Gasteiger partial charge in [-0.1, -0.05) is 66.4 Å². The van der Waals surface area contributed by atoms with Crippen LogP contribution in [0.15, 0.2) is 117 Å². The van der Waals surface area contributed by atoms with Crippen molar-refractivity contribution in [1.82, 2.24) is 0 Å². The van der Waals surface area contributed by atoms with Gasteiger partial charge in [-0.15, -0.1) is 0 Å². The molecule has 3 aromatic carbocycles. The Bertz CT molecular complexity index is 998. The van der Waals surface area contributed by atoms with E-state index in [2.05, 4.69) is 4.99 Å². The normalized spacial score (nSPS) is 12.4. The number of aliphatic imine (C=N–C) groups is 1. The fraction of sp³-hybridized carbons (Fsp3) is 0.